The summed E-state index contributed by atoms with van der Waals surface area (Å²) in [6.07, 6.45) is 3.57. The number of carbonyl (C=O) groups is 2. The Morgan fingerprint density at radius 1 is 1.12 bits per heavy atom. The lowest BCUT2D eigenvalue weighted by Crippen LogP contribution is -2.44. The highest BCUT2D eigenvalue weighted by Gasteiger charge is 2.31. The zero-order valence-electron chi connectivity index (χ0n) is 13.1. The predicted octanol–water partition coefficient (Wildman–Crippen LogP) is 2.26. The number of hydrogen-bond acceptors (Lipinski definition) is 4. The minimum absolute atomic E-state index is 0.0118. The number of rotatable bonds is 5. The molecule has 0 unspecified atom stereocenters. The first-order valence-electron chi connectivity index (χ1n) is 7.80. The Hall–Kier alpha value is -1.60. The van der Waals surface area contributed by atoms with Crippen LogP contribution in [-0.4, -0.2) is 37.2 Å². The van der Waals surface area contributed by atoms with E-state index in [4.69, 9.17) is 11.6 Å². The minimum atomic E-state index is -3.79. The molecule has 1 aromatic carbocycles. The summed E-state index contributed by atoms with van der Waals surface area (Å²) < 4.78 is 24.5. The third-order valence-corrected chi connectivity index (χ3v) is 6.06. The maximum Gasteiger partial charge on any atom is 0.308 e. The molecule has 1 amide bonds. The Balaban J connectivity index is 2.05. The second-order valence-electron chi connectivity index (χ2n) is 5.97. The van der Waals surface area contributed by atoms with E-state index >= 15 is 0 Å². The number of benzene rings is 1. The van der Waals surface area contributed by atoms with Crippen molar-refractivity contribution in [1.29, 1.82) is 0 Å². The summed E-state index contributed by atoms with van der Waals surface area (Å²) in [4.78, 5) is 23.5. The van der Waals surface area contributed by atoms with Gasteiger partial charge >= 0.3 is 5.97 Å². The number of hydrogen-bond donors (Lipinski definition) is 2. The summed E-state index contributed by atoms with van der Waals surface area (Å²) in [5.74, 6) is -3.02. The number of sulfone groups is 1. The highest BCUT2D eigenvalue weighted by molar-refractivity contribution is 7.92. The second-order valence-corrected chi connectivity index (χ2v) is 8.40. The van der Waals surface area contributed by atoms with Crippen LogP contribution in [0.3, 0.4) is 0 Å². The van der Waals surface area contributed by atoms with Crippen LogP contribution in [0.25, 0.3) is 0 Å². The molecular weight excluding hydrogens is 354 g/mol. The molecule has 1 saturated carbocycles. The molecule has 0 spiro atoms. The zero-order valence-corrected chi connectivity index (χ0v) is 14.6. The van der Waals surface area contributed by atoms with Gasteiger partial charge in [0.15, 0.2) is 9.84 Å². The van der Waals surface area contributed by atoms with E-state index in [0.29, 0.717) is 17.9 Å². The average molecular weight is 374 g/mol. The van der Waals surface area contributed by atoms with Gasteiger partial charge < -0.3 is 10.4 Å². The topological polar surface area (TPSA) is 101 Å². The molecule has 1 aliphatic rings. The van der Waals surface area contributed by atoms with Crippen molar-refractivity contribution in [2.24, 2.45) is 5.92 Å². The van der Waals surface area contributed by atoms with Crippen molar-refractivity contribution < 1.29 is 23.1 Å². The maximum atomic E-state index is 12.3. The van der Waals surface area contributed by atoms with Gasteiger partial charge in [0.25, 0.3) is 0 Å². The van der Waals surface area contributed by atoms with E-state index in [0.717, 1.165) is 19.3 Å². The first-order chi connectivity index (χ1) is 11.3. The standard InChI is InChI=1S/C16H20ClNO5S/c17-11-6-8-12(9-7-11)24(22,23)10-15(19)18-14-5-3-1-2-4-13(14)16(20)21/h6-9,13-14H,1-5,10H2,(H,18,19)(H,20,21)/t13-,14+/m1/s1. The van der Waals surface area contributed by atoms with Crippen molar-refractivity contribution in [2.45, 2.75) is 43.0 Å². The van der Waals surface area contributed by atoms with E-state index in [1.807, 2.05) is 0 Å². The van der Waals surface area contributed by atoms with Crippen molar-refractivity contribution in [2.75, 3.05) is 5.75 Å². The Morgan fingerprint density at radius 2 is 1.75 bits per heavy atom. The van der Waals surface area contributed by atoms with Crippen molar-refractivity contribution in [1.82, 2.24) is 5.32 Å². The summed E-state index contributed by atoms with van der Waals surface area (Å²) in [5, 5.41) is 12.3. The Morgan fingerprint density at radius 3 is 2.38 bits per heavy atom. The number of carboxylic acid groups (broad SMARTS) is 1. The van der Waals surface area contributed by atoms with Gasteiger partial charge in [0.2, 0.25) is 5.91 Å². The minimum Gasteiger partial charge on any atom is -0.481 e. The lowest BCUT2D eigenvalue weighted by molar-refractivity contribution is -0.143. The second kappa shape index (κ2) is 7.98. The molecule has 0 saturated heterocycles. The van der Waals surface area contributed by atoms with Gasteiger partial charge in [0.1, 0.15) is 5.75 Å². The van der Waals surface area contributed by atoms with Crippen LogP contribution in [-0.2, 0) is 19.4 Å². The summed E-state index contributed by atoms with van der Waals surface area (Å²) in [5.41, 5.74) is 0. The molecule has 0 aromatic heterocycles. The maximum absolute atomic E-state index is 12.3. The fourth-order valence-electron chi connectivity index (χ4n) is 2.92. The van der Waals surface area contributed by atoms with E-state index in [-0.39, 0.29) is 4.90 Å². The summed E-state index contributed by atoms with van der Waals surface area (Å²) >= 11 is 5.73. The number of halogens is 1. The molecule has 8 heteroatoms. The van der Waals surface area contributed by atoms with Gasteiger partial charge in [0, 0.05) is 11.1 Å². The third kappa shape index (κ3) is 4.95. The van der Waals surface area contributed by atoms with Crippen molar-refractivity contribution in [3.05, 3.63) is 29.3 Å². The summed E-state index contributed by atoms with van der Waals surface area (Å²) in [6, 6.07) is 5.04. The Kier molecular flexibility index (Phi) is 6.23. The van der Waals surface area contributed by atoms with Crippen molar-refractivity contribution in [3.8, 4) is 0 Å². The van der Waals surface area contributed by atoms with Crippen LogP contribution >= 0.6 is 11.6 Å². The van der Waals surface area contributed by atoms with E-state index in [1.165, 1.54) is 24.3 Å². The average Bonchev–Trinajstić information content (AvgIpc) is 2.72. The zero-order chi connectivity index (χ0) is 17.7. The van der Waals surface area contributed by atoms with Crippen molar-refractivity contribution in [3.63, 3.8) is 0 Å². The van der Waals surface area contributed by atoms with Gasteiger partial charge in [-0.25, -0.2) is 8.42 Å². The highest BCUT2D eigenvalue weighted by atomic mass is 35.5. The molecule has 0 radical (unpaired) electrons. The van der Waals surface area contributed by atoms with Gasteiger partial charge in [-0.05, 0) is 37.1 Å². The van der Waals surface area contributed by atoms with Crippen LogP contribution in [0.4, 0.5) is 0 Å². The smallest absolute Gasteiger partial charge is 0.308 e. The van der Waals surface area contributed by atoms with E-state index in [2.05, 4.69) is 5.32 Å². The lowest BCUT2D eigenvalue weighted by Gasteiger charge is -2.22. The van der Waals surface area contributed by atoms with E-state index in [9.17, 15) is 23.1 Å². The molecule has 0 aliphatic heterocycles. The largest absolute Gasteiger partial charge is 0.481 e. The number of aliphatic carboxylic acids is 1. The fraction of sp³-hybridized carbons (Fsp3) is 0.500. The van der Waals surface area contributed by atoms with Crippen LogP contribution in [0.5, 0.6) is 0 Å². The molecule has 1 fully saturated rings. The molecule has 0 bridgehead atoms. The first kappa shape index (κ1) is 18.7. The Labute approximate surface area is 146 Å². The van der Waals surface area contributed by atoms with Crippen LogP contribution < -0.4 is 5.32 Å². The quantitative estimate of drug-likeness (QED) is 0.771. The van der Waals surface area contributed by atoms with Gasteiger partial charge in [-0.3, -0.25) is 9.59 Å². The molecular formula is C16H20ClNO5S. The van der Waals surface area contributed by atoms with Crippen molar-refractivity contribution >= 4 is 33.3 Å². The van der Waals surface area contributed by atoms with Crippen LogP contribution in [0.15, 0.2) is 29.2 Å². The number of nitrogens with one attached hydrogen (secondary N) is 1. The summed E-state index contributed by atoms with van der Waals surface area (Å²) in [6.45, 7) is 0. The van der Waals surface area contributed by atoms with Gasteiger partial charge in [-0.1, -0.05) is 30.9 Å². The van der Waals surface area contributed by atoms with Gasteiger partial charge in [-0.15, -0.1) is 0 Å². The fourth-order valence-corrected chi connectivity index (χ4v) is 4.19. The molecule has 2 rings (SSSR count). The normalized spacial score (nSPS) is 21.7. The molecule has 2 atom stereocenters. The van der Waals surface area contributed by atoms with E-state index < -0.39 is 39.4 Å². The SMILES string of the molecule is O=C(CS(=O)(=O)c1ccc(Cl)cc1)N[C@H]1CCCCC[C@H]1C(=O)O. The molecule has 6 nitrogen and oxygen atoms in total. The highest BCUT2D eigenvalue weighted by Crippen LogP contribution is 2.24. The molecule has 1 aliphatic carbocycles. The van der Waals surface area contributed by atoms with E-state index in [1.54, 1.807) is 0 Å². The lowest BCUT2D eigenvalue weighted by atomic mass is 9.95. The first-order valence-corrected chi connectivity index (χ1v) is 9.83. The number of amides is 1. The molecule has 0 heterocycles. The van der Waals surface area contributed by atoms with Crippen LogP contribution in [0.1, 0.15) is 32.1 Å². The van der Waals surface area contributed by atoms with Crippen LogP contribution in [0, 0.1) is 5.92 Å². The summed E-state index contributed by atoms with van der Waals surface area (Å²) in [7, 11) is -3.79. The molecule has 24 heavy (non-hydrogen) atoms. The van der Waals surface area contributed by atoms with Gasteiger partial charge in [-0.2, -0.15) is 0 Å². The third-order valence-electron chi connectivity index (χ3n) is 4.17. The monoisotopic (exact) mass is 373 g/mol. The Bertz CT molecular complexity index is 702. The predicted molar refractivity (Wildman–Crippen MR) is 89.6 cm³/mol. The van der Waals surface area contributed by atoms with Gasteiger partial charge in [0.05, 0.1) is 10.8 Å². The van der Waals surface area contributed by atoms with Crippen LogP contribution in [0.2, 0.25) is 5.02 Å². The number of carboxylic acids is 1. The molecule has 2 N–H and O–H groups in total. The molecule has 1 aromatic rings. The number of carbonyl (C=O) groups excluding carboxylic acids is 1. The molecule has 132 valence electrons.